The first-order valence-electron chi connectivity index (χ1n) is 17.5. The first kappa shape index (κ1) is 31.6. The number of fused-ring (bicyclic) bond motifs is 2. The zero-order valence-corrected chi connectivity index (χ0v) is 27.2. The van der Waals surface area contributed by atoms with Gasteiger partial charge >= 0.3 is 12.1 Å². The molecule has 4 aliphatic heterocycles. The molecule has 3 fully saturated rings. The molecule has 252 valence electrons. The molecular formula is C36H47N5O6. The minimum atomic E-state index is -0.945. The Kier molecular flexibility index (Phi) is 9.69. The minimum Gasteiger partial charge on any atom is -0.486 e. The lowest BCUT2D eigenvalue weighted by Gasteiger charge is -2.41. The maximum Gasteiger partial charge on any atom is 0.410 e. The van der Waals surface area contributed by atoms with Crippen LogP contribution in [0.3, 0.4) is 0 Å². The molecule has 11 nitrogen and oxygen atoms in total. The summed E-state index contributed by atoms with van der Waals surface area (Å²) in [5.74, 6) is 1.19. The van der Waals surface area contributed by atoms with Crippen molar-refractivity contribution >= 4 is 23.7 Å². The van der Waals surface area contributed by atoms with E-state index in [1.165, 1.54) is 32.1 Å². The normalized spacial score (nSPS) is 21.8. The molecule has 0 aromatic heterocycles. The third kappa shape index (κ3) is 7.30. The summed E-state index contributed by atoms with van der Waals surface area (Å²) in [5, 5.41) is 3.06. The van der Waals surface area contributed by atoms with Crippen LogP contribution in [0.1, 0.15) is 56.1 Å². The van der Waals surface area contributed by atoms with Crippen molar-refractivity contribution in [2.75, 3.05) is 64.3 Å². The van der Waals surface area contributed by atoms with Gasteiger partial charge in [0.25, 0.3) is 5.91 Å². The Labute approximate surface area is 277 Å². The van der Waals surface area contributed by atoms with Crippen LogP contribution < -0.4 is 14.8 Å². The summed E-state index contributed by atoms with van der Waals surface area (Å²) < 4.78 is 17.6. The molecule has 4 amide bonds. The van der Waals surface area contributed by atoms with Crippen LogP contribution in [0.15, 0.2) is 42.5 Å². The molecule has 0 radical (unpaired) electrons. The summed E-state index contributed by atoms with van der Waals surface area (Å²) in [6.07, 6.45) is 7.31. The molecule has 2 saturated heterocycles. The second-order valence-electron chi connectivity index (χ2n) is 13.5. The van der Waals surface area contributed by atoms with Crippen molar-refractivity contribution in [2.24, 2.45) is 0 Å². The van der Waals surface area contributed by atoms with Crippen LogP contribution in [0.2, 0.25) is 0 Å². The van der Waals surface area contributed by atoms with Crippen LogP contribution >= 0.6 is 0 Å². The lowest BCUT2D eigenvalue weighted by atomic mass is 9.94. The molecule has 2 aromatic rings. The predicted molar refractivity (Wildman–Crippen MR) is 177 cm³/mol. The lowest BCUT2D eigenvalue weighted by Crippen LogP contribution is -2.55. The average molecular weight is 646 g/mol. The van der Waals surface area contributed by atoms with Gasteiger partial charge in [-0.25, -0.2) is 9.59 Å². The van der Waals surface area contributed by atoms with Crippen molar-refractivity contribution in [3.05, 3.63) is 53.6 Å². The molecule has 1 aliphatic carbocycles. The molecule has 47 heavy (non-hydrogen) atoms. The summed E-state index contributed by atoms with van der Waals surface area (Å²) in [7, 11) is 0. The number of likely N-dealkylation sites (tertiary alicyclic amines) is 1. The van der Waals surface area contributed by atoms with Gasteiger partial charge in [0.05, 0.1) is 0 Å². The van der Waals surface area contributed by atoms with E-state index < -0.39 is 12.2 Å². The van der Waals surface area contributed by atoms with E-state index in [2.05, 4.69) is 16.3 Å². The molecule has 4 heterocycles. The predicted octanol–water partition coefficient (Wildman–Crippen LogP) is 4.54. The van der Waals surface area contributed by atoms with Crippen molar-refractivity contribution in [1.29, 1.82) is 0 Å². The van der Waals surface area contributed by atoms with Gasteiger partial charge in [-0.2, -0.15) is 0 Å². The molecular weight excluding hydrogens is 598 g/mol. The van der Waals surface area contributed by atoms with Crippen molar-refractivity contribution < 1.29 is 28.6 Å². The molecule has 1 N–H and O–H groups in total. The number of ether oxygens (including phenoxy) is 3. The maximum absolute atomic E-state index is 14.0. The molecule has 7 rings (SSSR count). The Bertz CT molecular complexity index is 1430. The smallest absolute Gasteiger partial charge is 0.410 e. The van der Waals surface area contributed by atoms with Gasteiger partial charge in [-0.05, 0) is 61.4 Å². The number of hydrogen-bond acceptors (Lipinski definition) is 7. The van der Waals surface area contributed by atoms with Crippen LogP contribution in [-0.4, -0.2) is 115 Å². The second-order valence-corrected chi connectivity index (χ2v) is 13.5. The number of urea groups is 1. The van der Waals surface area contributed by atoms with Gasteiger partial charge in [0.2, 0.25) is 0 Å². The summed E-state index contributed by atoms with van der Waals surface area (Å²) in [4.78, 5) is 48.7. The Balaban J connectivity index is 0.987. The van der Waals surface area contributed by atoms with E-state index in [1.807, 2.05) is 46.2 Å². The molecule has 1 unspecified atom stereocenters. The number of nitrogens with one attached hydrogen (secondary N) is 1. The van der Waals surface area contributed by atoms with E-state index in [-0.39, 0.29) is 24.4 Å². The number of carbonyl (C=O) groups is 3. The van der Waals surface area contributed by atoms with E-state index in [1.54, 1.807) is 4.90 Å². The molecule has 0 spiro atoms. The first-order chi connectivity index (χ1) is 23.0. The van der Waals surface area contributed by atoms with Gasteiger partial charge in [-0.15, -0.1) is 0 Å². The van der Waals surface area contributed by atoms with Gasteiger partial charge in [-0.1, -0.05) is 43.5 Å². The van der Waals surface area contributed by atoms with E-state index in [9.17, 15) is 14.4 Å². The highest BCUT2D eigenvalue weighted by Crippen LogP contribution is 2.32. The van der Waals surface area contributed by atoms with Crippen LogP contribution in [0, 0.1) is 0 Å². The van der Waals surface area contributed by atoms with Crippen LogP contribution in [0.4, 0.5) is 15.3 Å². The third-order valence-electron chi connectivity index (χ3n) is 10.6. The number of nitrogens with zero attached hydrogens (tertiary/aromatic N) is 4. The number of amides is 4. The van der Waals surface area contributed by atoms with Gasteiger partial charge in [0, 0.05) is 70.0 Å². The first-order valence-corrected chi connectivity index (χ1v) is 17.5. The average Bonchev–Trinajstić information content (AvgIpc) is 3.29. The van der Waals surface area contributed by atoms with Crippen molar-refractivity contribution in [1.82, 2.24) is 19.6 Å². The van der Waals surface area contributed by atoms with Crippen molar-refractivity contribution in [3.8, 4) is 11.5 Å². The number of carbonyl (C=O) groups excluding carboxylic acids is 3. The number of benzene rings is 2. The quantitative estimate of drug-likeness (QED) is 0.492. The van der Waals surface area contributed by atoms with Gasteiger partial charge in [0.1, 0.15) is 13.2 Å². The topological polar surface area (TPSA) is 104 Å². The summed E-state index contributed by atoms with van der Waals surface area (Å²) >= 11 is 0. The molecule has 1 saturated carbocycles. The van der Waals surface area contributed by atoms with Crippen molar-refractivity contribution in [2.45, 2.75) is 76.0 Å². The Morgan fingerprint density at radius 1 is 0.809 bits per heavy atom. The van der Waals surface area contributed by atoms with E-state index >= 15 is 0 Å². The standard InChI is InChI=1S/C36H47N5O6/c42-34(39-20-18-38(19-21-39)28-7-2-1-3-8-28)33(25-26-10-11-31-32(24-26)46-23-22-45-31)47-36(44)40-15-13-29(14-16-40)41-17-12-27-6-4-5-9-30(27)37-35(41)43/h4-6,9-11,24,28-29,33H,1-3,7-8,12-23,25H2,(H,37,43). The zero-order chi connectivity index (χ0) is 32.2. The fourth-order valence-electron chi connectivity index (χ4n) is 7.86. The largest absolute Gasteiger partial charge is 0.486 e. The Morgan fingerprint density at radius 2 is 1.55 bits per heavy atom. The van der Waals surface area contributed by atoms with Gasteiger partial charge in [-0.3, -0.25) is 9.69 Å². The Hall–Kier alpha value is -3.99. The molecule has 11 heteroatoms. The maximum atomic E-state index is 14.0. The lowest BCUT2D eigenvalue weighted by molar-refractivity contribution is -0.143. The number of para-hydroxylation sites is 1. The summed E-state index contributed by atoms with van der Waals surface area (Å²) in [6.45, 7) is 5.52. The SMILES string of the molecule is O=C(OC(Cc1ccc2c(c1)OCCO2)C(=O)N1CCN(C2CCCCC2)CC1)N1CCC(N2CCc3ccccc3NC2=O)CC1. The molecule has 2 aromatic carbocycles. The molecule has 1 atom stereocenters. The highest BCUT2D eigenvalue weighted by Gasteiger charge is 2.36. The van der Waals surface area contributed by atoms with E-state index in [4.69, 9.17) is 14.2 Å². The third-order valence-corrected chi connectivity index (χ3v) is 10.6. The van der Waals surface area contributed by atoms with E-state index in [0.717, 1.165) is 36.3 Å². The van der Waals surface area contributed by atoms with Gasteiger partial charge < -0.3 is 34.2 Å². The number of piperazine rings is 1. The van der Waals surface area contributed by atoms with Gasteiger partial charge in [0.15, 0.2) is 17.6 Å². The second kappa shape index (κ2) is 14.4. The van der Waals surface area contributed by atoms with Crippen LogP contribution in [0.25, 0.3) is 0 Å². The monoisotopic (exact) mass is 645 g/mol. The van der Waals surface area contributed by atoms with Crippen molar-refractivity contribution in [3.63, 3.8) is 0 Å². The fraction of sp³-hybridized carbons (Fsp3) is 0.583. The summed E-state index contributed by atoms with van der Waals surface area (Å²) in [6, 6.07) is 14.1. The van der Waals surface area contributed by atoms with Crippen LogP contribution in [0.5, 0.6) is 11.5 Å². The van der Waals surface area contributed by atoms with E-state index in [0.29, 0.717) is 76.3 Å². The number of anilines is 1. The Morgan fingerprint density at radius 3 is 2.34 bits per heavy atom. The highest BCUT2D eigenvalue weighted by molar-refractivity contribution is 5.91. The number of piperidine rings is 1. The number of hydrogen-bond donors (Lipinski definition) is 1. The van der Waals surface area contributed by atoms with Crippen LogP contribution in [-0.2, 0) is 22.4 Å². The molecule has 5 aliphatic rings. The minimum absolute atomic E-state index is 0.0314. The molecule has 0 bridgehead atoms. The highest BCUT2D eigenvalue weighted by atomic mass is 16.6. The zero-order valence-electron chi connectivity index (χ0n) is 27.2. The summed E-state index contributed by atoms with van der Waals surface area (Å²) in [5.41, 5.74) is 2.85. The fourth-order valence-corrected chi connectivity index (χ4v) is 7.86. The number of rotatable bonds is 6.